The average molecular weight is 437 g/mol. The first-order valence-corrected chi connectivity index (χ1v) is 11.4. The van der Waals surface area contributed by atoms with Crippen LogP contribution in [0.5, 0.6) is 5.75 Å². The Morgan fingerprint density at radius 3 is 2.23 bits per heavy atom. The number of amides is 1. The molecular formula is C24H24N2O4S. The van der Waals surface area contributed by atoms with Crippen LogP contribution >= 0.6 is 0 Å². The molecule has 1 amide bonds. The van der Waals surface area contributed by atoms with E-state index in [-0.39, 0.29) is 11.4 Å². The fourth-order valence-electron chi connectivity index (χ4n) is 3.65. The number of sulfonamides is 1. The molecule has 6 nitrogen and oxygen atoms in total. The van der Waals surface area contributed by atoms with E-state index in [1.54, 1.807) is 25.3 Å². The van der Waals surface area contributed by atoms with Crippen molar-refractivity contribution in [3.8, 4) is 5.75 Å². The van der Waals surface area contributed by atoms with Gasteiger partial charge in [0.1, 0.15) is 5.75 Å². The van der Waals surface area contributed by atoms with Crippen LogP contribution in [0.25, 0.3) is 0 Å². The van der Waals surface area contributed by atoms with E-state index in [0.29, 0.717) is 17.0 Å². The number of aryl methyl sites for hydroxylation is 2. The summed E-state index contributed by atoms with van der Waals surface area (Å²) in [5.41, 5.74) is 3.63. The maximum absolute atomic E-state index is 13.5. The highest BCUT2D eigenvalue weighted by Crippen LogP contribution is 2.33. The summed E-state index contributed by atoms with van der Waals surface area (Å²) in [6.45, 7) is 3.73. The molecular weight excluding hydrogens is 412 g/mol. The number of methoxy groups -OCH3 is 1. The van der Waals surface area contributed by atoms with E-state index in [9.17, 15) is 13.2 Å². The Hall–Kier alpha value is -3.32. The van der Waals surface area contributed by atoms with Crippen LogP contribution in [0.3, 0.4) is 0 Å². The quantitative estimate of drug-likeness (QED) is 0.660. The topological polar surface area (TPSA) is 75.7 Å². The number of fused-ring (bicyclic) bond motifs is 1. The van der Waals surface area contributed by atoms with Crippen molar-refractivity contribution >= 4 is 21.6 Å². The van der Waals surface area contributed by atoms with E-state index in [0.717, 1.165) is 21.0 Å². The van der Waals surface area contributed by atoms with Gasteiger partial charge in [0, 0.05) is 5.69 Å². The largest absolute Gasteiger partial charge is 0.497 e. The van der Waals surface area contributed by atoms with Gasteiger partial charge >= 0.3 is 0 Å². The van der Waals surface area contributed by atoms with Crippen LogP contribution in [0.15, 0.2) is 71.6 Å². The second kappa shape index (κ2) is 8.07. The van der Waals surface area contributed by atoms with Crippen molar-refractivity contribution in [3.63, 3.8) is 0 Å². The molecule has 1 atom stereocenters. The number of carbonyl (C=O) groups is 1. The molecule has 3 aromatic carbocycles. The molecule has 0 saturated heterocycles. The number of rotatable bonds is 4. The molecule has 4 rings (SSSR count). The molecule has 1 heterocycles. The second-order valence-corrected chi connectivity index (χ2v) is 9.54. The lowest BCUT2D eigenvalue weighted by Gasteiger charge is -2.25. The first-order valence-electron chi connectivity index (χ1n) is 9.94. The van der Waals surface area contributed by atoms with E-state index in [1.165, 1.54) is 12.1 Å². The van der Waals surface area contributed by atoms with Gasteiger partial charge in [-0.15, -0.1) is 0 Å². The minimum atomic E-state index is -4.04. The Morgan fingerprint density at radius 2 is 1.58 bits per heavy atom. The SMILES string of the molecule is COc1ccc(C2CN(S(=O)(=O)c3ccc(C)cc3)C(=O)c3cc(C)ccc3N2)cc1. The van der Waals surface area contributed by atoms with Crippen molar-refractivity contribution in [3.05, 3.63) is 89.0 Å². The summed E-state index contributed by atoms with van der Waals surface area (Å²) >= 11 is 0. The normalized spacial score (nSPS) is 16.3. The number of nitrogens with one attached hydrogen (secondary N) is 1. The van der Waals surface area contributed by atoms with Crippen LogP contribution in [-0.2, 0) is 10.0 Å². The highest BCUT2D eigenvalue weighted by Gasteiger charge is 2.36. The Labute approximate surface area is 182 Å². The van der Waals surface area contributed by atoms with Gasteiger partial charge < -0.3 is 10.1 Å². The molecule has 0 fully saturated rings. The van der Waals surface area contributed by atoms with Gasteiger partial charge in [0.2, 0.25) is 0 Å². The zero-order valence-electron chi connectivity index (χ0n) is 17.6. The molecule has 31 heavy (non-hydrogen) atoms. The van der Waals surface area contributed by atoms with Crippen molar-refractivity contribution in [1.29, 1.82) is 0 Å². The van der Waals surface area contributed by atoms with Gasteiger partial charge in [0.25, 0.3) is 15.9 Å². The molecule has 1 N–H and O–H groups in total. The standard InChI is InChI=1S/C24H24N2O4S/c1-16-4-11-20(12-5-16)31(28,29)26-15-23(18-7-9-19(30-3)10-8-18)25-22-13-6-17(2)14-21(22)24(26)27/h4-14,23,25H,15H2,1-3H3. The third kappa shape index (κ3) is 4.01. The minimum absolute atomic E-state index is 0.0326. The van der Waals surface area contributed by atoms with Crippen LogP contribution in [0.2, 0.25) is 0 Å². The smallest absolute Gasteiger partial charge is 0.269 e. The average Bonchev–Trinajstić information content (AvgIpc) is 2.91. The number of ether oxygens (including phenoxy) is 1. The highest BCUT2D eigenvalue weighted by molar-refractivity contribution is 7.89. The van der Waals surface area contributed by atoms with E-state index < -0.39 is 22.0 Å². The van der Waals surface area contributed by atoms with Crippen molar-refractivity contribution < 1.29 is 17.9 Å². The van der Waals surface area contributed by atoms with Crippen molar-refractivity contribution in [2.75, 3.05) is 19.0 Å². The molecule has 1 aliphatic rings. The maximum Gasteiger partial charge on any atom is 0.269 e. The van der Waals surface area contributed by atoms with Crippen LogP contribution in [0.4, 0.5) is 5.69 Å². The lowest BCUT2D eigenvalue weighted by atomic mass is 10.1. The maximum atomic E-state index is 13.5. The predicted octanol–water partition coefficient (Wildman–Crippen LogP) is 4.31. The summed E-state index contributed by atoms with van der Waals surface area (Å²) in [4.78, 5) is 13.5. The third-order valence-corrected chi connectivity index (χ3v) is 7.20. The molecule has 0 bridgehead atoms. The molecule has 0 aromatic heterocycles. The first kappa shape index (κ1) is 20.9. The van der Waals surface area contributed by atoms with Gasteiger partial charge in [0.15, 0.2) is 0 Å². The van der Waals surface area contributed by atoms with E-state index in [4.69, 9.17) is 4.74 Å². The Bertz CT molecular complexity index is 1220. The van der Waals surface area contributed by atoms with Gasteiger partial charge in [-0.25, -0.2) is 12.7 Å². The van der Waals surface area contributed by atoms with Crippen molar-refractivity contribution in [2.24, 2.45) is 0 Å². The van der Waals surface area contributed by atoms with Gasteiger partial charge in [-0.05, 0) is 55.8 Å². The summed E-state index contributed by atoms with van der Waals surface area (Å²) in [6, 6.07) is 18.9. The second-order valence-electron chi connectivity index (χ2n) is 7.67. The van der Waals surface area contributed by atoms with Crippen molar-refractivity contribution in [2.45, 2.75) is 24.8 Å². The lowest BCUT2D eigenvalue weighted by molar-refractivity contribution is 0.0862. The van der Waals surface area contributed by atoms with Crippen LogP contribution in [0.1, 0.15) is 33.1 Å². The van der Waals surface area contributed by atoms with E-state index in [1.807, 2.05) is 50.2 Å². The number of carbonyl (C=O) groups excluding carboxylic acids is 1. The third-order valence-electron chi connectivity index (χ3n) is 5.44. The summed E-state index contributed by atoms with van der Waals surface area (Å²) in [6.07, 6.45) is 0. The lowest BCUT2D eigenvalue weighted by Crippen LogP contribution is -2.39. The van der Waals surface area contributed by atoms with E-state index in [2.05, 4.69) is 5.32 Å². The Morgan fingerprint density at radius 1 is 0.935 bits per heavy atom. The zero-order chi connectivity index (χ0) is 22.2. The number of anilines is 1. The van der Waals surface area contributed by atoms with Gasteiger partial charge in [0.05, 0.1) is 30.2 Å². The van der Waals surface area contributed by atoms with Gasteiger partial charge in [-0.3, -0.25) is 4.79 Å². The molecule has 0 spiro atoms. The van der Waals surface area contributed by atoms with Crippen LogP contribution < -0.4 is 10.1 Å². The van der Waals surface area contributed by atoms with Crippen molar-refractivity contribution in [1.82, 2.24) is 4.31 Å². The number of benzene rings is 3. The fourth-order valence-corrected chi connectivity index (χ4v) is 5.04. The summed E-state index contributed by atoms with van der Waals surface area (Å²) in [7, 11) is -2.45. The molecule has 3 aromatic rings. The summed E-state index contributed by atoms with van der Waals surface area (Å²) in [5.74, 6) is 0.163. The molecule has 7 heteroatoms. The molecule has 0 radical (unpaired) electrons. The monoisotopic (exact) mass is 436 g/mol. The molecule has 0 saturated carbocycles. The summed E-state index contributed by atoms with van der Waals surface area (Å²) in [5, 5.41) is 3.37. The minimum Gasteiger partial charge on any atom is -0.497 e. The number of hydrogen-bond donors (Lipinski definition) is 1. The predicted molar refractivity (Wildman–Crippen MR) is 120 cm³/mol. The van der Waals surface area contributed by atoms with E-state index >= 15 is 0 Å². The number of hydrogen-bond acceptors (Lipinski definition) is 5. The molecule has 160 valence electrons. The van der Waals surface area contributed by atoms with Crippen LogP contribution in [-0.4, -0.2) is 32.3 Å². The van der Waals surface area contributed by atoms with Crippen LogP contribution in [0, 0.1) is 13.8 Å². The zero-order valence-corrected chi connectivity index (χ0v) is 18.4. The number of nitrogens with zero attached hydrogens (tertiary/aromatic N) is 1. The fraction of sp³-hybridized carbons (Fsp3) is 0.208. The molecule has 1 aliphatic heterocycles. The molecule has 1 unspecified atom stereocenters. The molecule has 0 aliphatic carbocycles. The van der Waals surface area contributed by atoms with Gasteiger partial charge in [-0.1, -0.05) is 41.5 Å². The highest BCUT2D eigenvalue weighted by atomic mass is 32.2. The first-order chi connectivity index (χ1) is 14.8. The Balaban J connectivity index is 1.82. The Kier molecular flexibility index (Phi) is 5.45. The summed E-state index contributed by atoms with van der Waals surface area (Å²) < 4.78 is 33.2. The van der Waals surface area contributed by atoms with Gasteiger partial charge in [-0.2, -0.15) is 0 Å².